The Morgan fingerprint density at radius 3 is 2.88 bits per heavy atom. The van der Waals surface area contributed by atoms with E-state index in [0.29, 0.717) is 12.0 Å². The van der Waals surface area contributed by atoms with Gasteiger partial charge in [-0.15, -0.1) is 0 Å². The minimum Gasteiger partial charge on any atom is -0.381 e. The second-order valence-electron chi connectivity index (χ2n) is 4.40. The Balaban J connectivity index is 1.99. The number of nitrogens with two attached hydrogens (primary N) is 1. The number of halogens is 1. The predicted molar refractivity (Wildman–Crippen MR) is 70.4 cm³/mol. The average Bonchev–Trinajstić information content (AvgIpc) is 2.33. The molecule has 2 rings (SSSR count). The van der Waals surface area contributed by atoms with Crippen LogP contribution in [0.1, 0.15) is 25.7 Å². The Bertz CT molecular complexity index is 326. The number of hydrogen-bond acceptors (Lipinski definition) is 3. The summed E-state index contributed by atoms with van der Waals surface area (Å²) in [5.74, 6) is 0.609. The molecule has 2 unspecified atom stereocenters. The van der Waals surface area contributed by atoms with Crippen molar-refractivity contribution in [1.82, 2.24) is 4.98 Å². The minimum atomic E-state index is 0.515. The highest BCUT2D eigenvalue weighted by Gasteiger charge is 2.23. The van der Waals surface area contributed by atoms with Crippen LogP contribution in [0.5, 0.6) is 0 Å². The molecule has 1 aromatic heterocycles. The molecular formula is C12H18BrN3. The highest BCUT2D eigenvalue weighted by atomic mass is 79.9. The average molecular weight is 284 g/mol. The Labute approximate surface area is 105 Å². The second kappa shape index (κ2) is 5.64. The Morgan fingerprint density at radius 1 is 1.38 bits per heavy atom. The highest BCUT2D eigenvalue weighted by Crippen LogP contribution is 2.26. The molecule has 0 spiro atoms. The lowest BCUT2D eigenvalue weighted by Crippen LogP contribution is -2.36. The van der Waals surface area contributed by atoms with E-state index in [2.05, 4.69) is 32.3 Å². The zero-order valence-corrected chi connectivity index (χ0v) is 10.9. The monoisotopic (exact) mass is 283 g/mol. The third-order valence-corrected chi connectivity index (χ3v) is 3.76. The maximum absolute atomic E-state index is 5.81. The van der Waals surface area contributed by atoms with E-state index < -0.39 is 0 Å². The van der Waals surface area contributed by atoms with Gasteiger partial charge in [-0.3, -0.25) is 0 Å². The lowest BCUT2D eigenvalue weighted by molar-refractivity contribution is 0.332. The van der Waals surface area contributed by atoms with Crippen LogP contribution >= 0.6 is 15.9 Å². The first-order chi connectivity index (χ1) is 7.79. The van der Waals surface area contributed by atoms with Crippen LogP contribution in [0.4, 0.5) is 5.69 Å². The van der Waals surface area contributed by atoms with Crippen molar-refractivity contribution >= 4 is 21.6 Å². The topological polar surface area (TPSA) is 50.9 Å². The molecule has 1 saturated carbocycles. The van der Waals surface area contributed by atoms with Gasteiger partial charge < -0.3 is 11.1 Å². The van der Waals surface area contributed by atoms with Crippen molar-refractivity contribution in [3.8, 4) is 0 Å². The van der Waals surface area contributed by atoms with Crippen molar-refractivity contribution in [1.29, 1.82) is 0 Å². The van der Waals surface area contributed by atoms with Crippen LogP contribution in [0.15, 0.2) is 22.9 Å². The number of rotatable bonds is 3. The molecule has 0 bridgehead atoms. The molecule has 1 heterocycles. The third kappa shape index (κ3) is 2.95. The van der Waals surface area contributed by atoms with Gasteiger partial charge >= 0.3 is 0 Å². The van der Waals surface area contributed by atoms with E-state index >= 15 is 0 Å². The van der Waals surface area contributed by atoms with Crippen molar-refractivity contribution in [3.63, 3.8) is 0 Å². The van der Waals surface area contributed by atoms with Crippen LogP contribution < -0.4 is 11.1 Å². The first kappa shape index (κ1) is 11.9. The summed E-state index contributed by atoms with van der Waals surface area (Å²) >= 11 is 3.34. The van der Waals surface area contributed by atoms with Crippen LogP contribution in [0.3, 0.4) is 0 Å². The van der Waals surface area contributed by atoms with Crippen LogP contribution in [-0.2, 0) is 0 Å². The summed E-state index contributed by atoms with van der Waals surface area (Å²) in [6, 6.07) is 4.53. The quantitative estimate of drug-likeness (QED) is 0.839. The van der Waals surface area contributed by atoms with Gasteiger partial charge in [-0.05, 0) is 53.4 Å². The Kier molecular flexibility index (Phi) is 4.18. The maximum Gasteiger partial charge on any atom is 0.106 e. The van der Waals surface area contributed by atoms with Crippen LogP contribution in [-0.4, -0.2) is 17.6 Å². The zero-order chi connectivity index (χ0) is 11.4. The number of anilines is 1. The van der Waals surface area contributed by atoms with Gasteiger partial charge in [-0.2, -0.15) is 0 Å². The summed E-state index contributed by atoms with van der Waals surface area (Å²) < 4.78 is 0.872. The van der Waals surface area contributed by atoms with Crippen molar-refractivity contribution in [3.05, 3.63) is 22.9 Å². The van der Waals surface area contributed by atoms with Crippen LogP contribution in [0.25, 0.3) is 0 Å². The van der Waals surface area contributed by atoms with Gasteiger partial charge in [0.15, 0.2) is 0 Å². The molecular weight excluding hydrogens is 266 g/mol. The standard InChI is InChI=1S/C12H18BrN3/c13-12-6-5-10(8-15-12)16-11-4-2-1-3-9(11)7-14/h5-6,8-9,11,16H,1-4,7,14H2. The molecule has 3 N–H and O–H groups in total. The van der Waals surface area contributed by atoms with Gasteiger partial charge in [0.2, 0.25) is 0 Å². The zero-order valence-electron chi connectivity index (χ0n) is 9.32. The van der Waals surface area contributed by atoms with Crippen molar-refractivity contribution in [2.24, 2.45) is 11.7 Å². The minimum absolute atomic E-state index is 0.515. The van der Waals surface area contributed by atoms with Gasteiger partial charge in [0.25, 0.3) is 0 Å². The van der Waals surface area contributed by atoms with Crippen molar-refractivity contribution < 1.29 is 0 Å². The Hall–Kier alpha value is -0.610. The van der Waals surface area contributed by atoms with Gasteiger partial charge in [0, 0.05) is 6.04 Å². The van der Waals surface area contributed by atoms with Gasteiger partial charge in [-0.25, -0.2) is 4.98 Å². The van der Waals surface area contributed by atoms with Crippen molar-refractivity contribution in [2.75, 3.05) is 11.9 Å². The fraction of sp³-hybridized carbons (Fsp3) is 0.583. The summed E-state index contributed by atoms with van der Waals surface area (Å²) in [5.41, 5.74) is 6.90. The van der Waals surface area contributed by atoms with E-state index in [1.807, 2.05) is 12.3 Å². The molecule has 1 fully saturated rings. The molecule has 0 aromatic carbocycles. The highest BCUT2D eigenvalue weighted by molar-refractivity contribution is 9.10. The van der Waals surface area contributed by atoms with Gasteiger partial charge in [0.05, 0.1) is 11.9 Å². The van der Waals surface area contributed by atoms with E-state index in [-0.39, 0.29) is 0 Å². The molecule has 16 heavy (non-hydrogen) atoms. The fourth-order valence-electron chi connectivity index (χ4n) is 2.36. The first-order valence-electron chi connectivity index (χ1n) is 5.88. The third-order valence-electron chi connectivity index (χ3n) is 3.29. The fourth-order valence-corrected chi connectivity index (χ4v) is 2.59. The summed E-state index contributed by atoms with van der Waals surface area (Å²) in [7, 11) is 0. The first-order valence-corrected chi connectivity index (χ1v) is 6.67. The van der Waals surface area contributed by atoms with E-state index in [4.69, 9.17) is 5.73 Å². The molecule has 88 valence electrons. The molecule has 3 nitrogen and oxygen atoms in total. The largest absolute Gasteiger partial charge is 0.381 e. The smallest absolute Gasteiger partial charge is 0.106 e. The molecule has 0 amide bonds. The van der Waals surface area contributed by atoms with Gasteiger partial charge in [-0.1, -0.05) is 12.8 Å². The predicted octanol–water partition coefficient (Wildman–Crippen LogP) is 2.77. The lowest BCUT2D eigenvalue weighted by atomic mass is 9.84. The van der Waals surface area contributed by atoms with E-state index in [9.17, 15) is 0 Å². The van der Waals surface area contributed by atoms with Crippen molar-refractivity contribution in [2.45, 2.75) is 31.7 Å². The summed E-state index contributed by atoms with van der Waals surface area (Å²) in [6.45, 7) is 0.779. The summed E-state index contributed by atoms with van der Waals surface area (Å²) in [5, 5.41) is 3.55. The molecule has 0 saturated heterocycles. The molecule has 2 atom stereocenters. The van der Waals surface area contributed by atoms with E-state index in [1.165, 1.54) is 25.7 Å². The number of pyridine rings is 1. The van der Waals surface area contributed by atoms with E-state index in [0.717, 1.165) is 16.8 Å². The summed E-state index contributed by atoms with van der Waals surface area (Å²) in [4.78, 5) is 4.22. The van der Waals surface area contributed by atoms with E-state index in [1.54, 1.807) is 0 Å². The molecule has 4 heteroatoms. The molecule has 1 aliphatic rings. The molecule has 0 radical (unpaired) electrons. The normalized spacial score (nSPS) is 25.4. The second-order valence-corrected chi connectivity index (χ2v) is 5.21. The number of nitrogens with one attached hydrogen (secondary N) is 1. The van der Waals surface area contributed by atoms with Gasteiger partial charge in [0.1, 0.15) is 4.60 Å². The number of aromatic nitrogens is 1. The maximum atomic E-state index is 5.81. The number of nitrogens with zero attached hydrogens (tertiary/aromatic N) is 1. The Morgan fingerprint density at radius 2 is 2.19 bits per heavy atom. The van der Waals surface area contributed by atoms with Crippen LogP contribution in [0.2, 0.25) is 0 Å². The number of hydrogen-bond donors (Lipinski definition) is 2. The van der Waals surface area contributed by atoms with Crippen LogP contribution in [0, 0.1) is 5.92 Å². The molecule has 1 aliphatic carbocycles. The summed E-state index contributed by atoms with van der Waals surface area (Å²) in [6.07, 6.45) is 6.96. The molecule has 0 aliphatic heterocycles. The molecule has 1 aromatic rings. The lowest BCUT2D eigenvalue weighted by Gasteiger charge is -2.32. The SMILES string of the molecule is NCC1CCCCC1Nc1ccc(Br)nc1.